The van der Waals surface area contributed by atoms with Crippen LogP contribution >= 0.6 is 0 Å². The molecule has 1 heterocycles. The van der Waals surface area contributed by atoms with Gasteiger partial charge in [-0.3, -0.25) is 9.48 Å². The molecule has 3 aromatic carbocycles. The maximum atomic E-state index is 12.9. The molecule has 164 valence electrons. The van der Waals surface area contributed by atoms with Gasteiger partial charge in [-0.1, -0.05) is 67.9 Å². The predicted octanol–water partition coefficient (Wildman–Crippen LogP) is 4.77. The van der Waals surface area contributed by atoms with E-state index in [0.29, 0.717) is 30.2 Å². The first-order valence-electron chi connectivity index (χ1n) is 10.9. The van der Waals surface area contributed by atoms with Gasteiger partial charge < -0.3 is 15.2 Å². The van der Waals surface area contributed by atoms with Crippen LogP contribution < -0.4 is 10.1 Å². The van der Waals surface area contributed by atoms with Crippen LogP contribution in [-0.4, -0.2) is 33.4 Å². The minimum Gasteiger partial charge on any atom is -0.436 e. The van der Waals surface area contributed by atoms with Crippen LogP contribution in [0.2, 0.25) is 0 Å². The number of nitrogens with one attached hydrogen (secondary N) is 1. The second-order valence-corrected chi connectivity index (χ2v) is 7.71. The Morgan fingerprint density at radius 2 is 1.75 bits per heavy atom. The summed E-state index contributed by atoms with van der Waals surface area (Å²) in [5, 5.41) is 18.0. The number of aliphatic hydroxyl groups excluding tert-OH is 1. The average molecular weight is 430 g/mol. The van der Waals surface area contributed by atoms with Gasteiger partial charge in [-0.2, -0.15) is 0 Å². The lowest BCUT2D eigenvalue weighted by Crippen LogP contribution is -2.37. The van der Waals surface area contributed by atoms with Gasteiger partial charge in [0.1, 0.15) is 5.75 Å². The Kier molecular flexibility index (Phi) is 6.82. The lowest BCUT2D eigenvalue weighted by Gasteiger charge is -2.16. The Bertz CT molecular complexity index is 1190. The lowest BCUT2D eigenvalue weighted by molar-refractivity contribution is 0.0910. The van der Waals surface area contributed by atoms with Crippen molar-refractivity contribution in [2.75, 3.05) is 6.61 Å². The molecule has 1 unspecified atom stereocenters. The molecule has 0 saturated carbocycles. The maximum Gasteiger partial charge on any atom is 0.255 e. The summed E-state index contributed by atoms with van der Waals surface area (Å²) >= 11 is 0. The molecule has 0 radical (unpaired) electrons. The van der Waals surface area contributed by atoms with Crippen molar-refractivity contribution in [2.24, 2.45) is 0 Å². The zero-order valence-corrected chi connectivity index (χ0v) is 18.1. The Morgan fingerprint density at radius 3 is 2.53 bits per heavy atom. The van der Waals surface area contributed by atoms with Gasteiger partial charge in [0.05, 0.1) is 35.7 Å². The Balaban J connectivity index is 1.64. The van der Waals surface area contributed by atoms with Crippen LogP contribution in [0.15, 0.2) is 78.9 Å². The molecule has 4 rings (SSSR count). The fourth-order valence-electron chi connectivity index (χ4n) is 3.72. The van der Waals surface area contributed by atoms with Crippen LogP contribution in [0.3, 0.4) is 0 Å². The van der Waals surface area contributed by atoms with E-state index in [2.05, 4.69) is 17.4 Å². The van der Waals surface area contributed by atoms with Crippen molar-refractivity contribution in [3.63, 3.8) is 0 Å². The van der Waals surface area contributed by atoms with Gasteiger partial charge >= 0.3 is 0 Å². The number of nitrogens with zero attached hydrogens (tertiary/aromatic N) is 2. The number of carbonyl (C=O) groups is 1. The number of rotatable bonds is 9. The lowest BCUT2D eigenvalue weighted by atomic mass is 10.1. The monoisotopic (exact) mass is 429 g/mol. The quantitative estimate of drug-likeness (QED) is 0.402. The number of hydrogen-bond donors (Lipinski definition) is 2. The molecule has 2 N–H and O–H groups in total. The number of hydrogen-bond acceptors (Lipinski definition) is 4. The molecule has 1 amide bonds. The molecular formula is C26H27N3O3. The normalized spacial score (nSPS) is 11.9. The largest absolute Gasteiger partial charge is 0.436 e. The third-order valence-corrected chi connectivity index (χ3v) is 5.33. The van der Waals surface area contributed by atoms with Gasteiger partial charge in [-0.15, -0.1) is 5.10 Å². The molecule has 0 saturated heterocycles. The summed E-state index contributed by atoms with van der Waals surface area (Å²) in [5.41, 5.74) is 2.50. The highest BCUT2D eigenvalue weighted by Crippen LogP contribution is 2.31. The van der Waals surface area contributed by atoms with Gasteiger partial charge in [-0.25, -0.2) is 0 Å². The van der Waals surface area contributed by atoms with Gasteiger partial charge in [0.25, 0.3) is 5.91 Å². The number of amides is 1. The number of ether oxygens (including phenoxy) is 1. The van der Waals surface area contributed by atoms with E-state index in [1.165, 1.54) is 0 Å². The second kappa shape index (κ2) is 10.1. The number of fused-ring (bicyclic) bond motifs is 1. The molecule has 0 aliphatic rings. The maximum absolute atomic E-state index is 12.9. The van der Waals surface area contributed by atoms with Crippen LogP contribution in [-0.2, 0) is 6.54 Å². The summed E-state index contributed by atoms with van der Waals surface area (Å²) in [6.07, 6.45) is 1.58. The number of carbonyl (C=O) groups excluding carboxylic acids is 1. The number of para-hydroxylation sites is 2. The molecule has 0 spiro atoms. The first-order chi connectivity index (χ1) is 15.7. The van der Waals surface area contributed by atoms with Crippen LogP contribution in [0.25, 0.3) is 10.9 Å². The zero-order valence-electron chi connectivity index (χ0n) is 18.1. The topological polar surface area (TPSA) is 76.4 Å². The molecule has 6 nitrogen and oxygen atoms in total. The molecule has 0 fully saturated rings. The highest BCUT2D eigenvalue weighted by Gasteiger charge is 2.19. The van der Waals surface area contributed by atoms with Gasteiger partial charge in [0.15, 0.2) is 0 Å². The molecule has 4 aromatic rings. The third kappa shape index (κ3) is 4.81. The fraction of sp³-hybridized carbons (Fsp3) is 0.231. The van der Waals surface area contributed by atoms with Crippen molar-refractivity contribution in [1.82, 2.24) is 15.1 Å². The van der Waals surface area contributed by atoms with E-state index in [4.69, 9.17) is 9.84 Å². The van der Waals surface area contributed by atoms with Crippen LogP contribution in [0, 0.1) is 0 Å². The van der Waals surface area contributed by atoms with Crippen molar-refractivity contribution in [2.45, 2.75) is 32.4 Å². The SMILES string of the molecule is CCCC(CO)NC(=O)c1ccccc1Oc1nn(Cc2ccccc2)c2ccccc12. The van der Waals surface area contributed by atoms with Crippen LogP contribution in [0.4, 0.5) is 0 Å². The van der Waals surface area contributed by atoms with Crippen LogP contribution in [0.1, 0.15) is 35.7 Å². The average Bonchev–Trinajstić information content (AvgIpc) is 3.17. The number of aliphatic hydroxyl groups is 1. The predicted molar refractivity (Wildman–Crippen MR) is 125 cm³/mol. The minimum atomic E-state index is -0.286. The summed E-state index contributed by atoms with van der Waals surface area (Å²) in [7, 11) is 0. The van der Waals surface area contributed by atoms with Gasteiger partial charge in [-0.05, 0) is 36.2 Å². The summed E-state index contributed by atoms with van der Waals surface area (Å²) in [4.78, 5) is 12.9. The highest BCUT2D eigenvalue weighted by molar-refractivity contribution is 5.97. The summed E-state index contributed by atoms with van der Waals surface area (Å²) in [5.74, 6) is 0.596. The molecule has 1 atom stereocenters. The zero-order chi connectivity index (χ0) is 22.3. The third-order valence-electron chi connectivity index (χ3n) is 5.33. The van der Waals surface area contributed by atoms with Crippen molar-refractivity contribution in [3.05, 3.63) is 90.0 Å². The smallest absolute Gasteiger partial charge is 0.255 e. The minimum absolute atomic E-state index is 0.100. The van der Waals surface area contributed by atoms with Crippen molar-refractivity contribution < 1.29 is 14.6 Å². The standard InChI is InChI=1S/C26H27N3O3/c1-2-10-20(18-30)27-25(31)22-14-7-9-16-24(22)32-26-21-13-6-8-15-23(21)29(28-26)17-19-11-4-3-5-12-19/h3-9,11-16,20,30H,2,10,17-18H2,1H3,(H,27,31). The van der Waals surface area contributed by atoms with E-state index < -0.39 is 0 Å². The molecular weight excluding hydrogens is 402 g/mol. The molecule has 0 aliphatic heterocycles. The fourth-order valence-corrected chi connectivity index (χ4v) is 3.72. The Hall–Kier alpha value is -3.64. The highest BCUT2D eigenvalue weighted by atomic mass is 16.5. The Labute approximate surface area is 187 Å². The first-order valence-corrected chi connectivity index (χ1v) is 10.9. The molecule has 32 heavy (non-hydrogen) atoms. The summed E-state index contributed by atoms with van der Waals surface area (Å²) < 4.78 is 8.09. The van der Waals surface area contributed by atoms with E-state index in [0.717, 1.165) is 22.9 Å². The van der Waals surface area contributed by atoms with Crippen molar-refractivity contribution in [1.29, 1.82) is 0 Å². The summed E-state index contributed by atoms with van der Waals surface area (Å²) in [6, 6.07) is 24.8. The molecule has 1 aromatic heterocycles. The second-order valence-electron chi connectivity index (χ2n) is 7.71. The van der Waals surface area contributed by atoms with E-state index in [1.807, 2.05) is 60.1 Å². The van der Waals surface area contributed by atoms with Crippen molar-refractivity contribution in [3.8, 4) is 11.6 Å². The van der Waals surface area contributed by atoms with E-state index in [1.54, 1.807) is 18.2 Å². The molecule has 0 bridgehead atoms. The van der Waals surface area contributed by atoms with Gasteiger partial charge in [0.2, 0.25) is 5.88 Å². The Morgan fingerprint density at radius 1 is 1.03 bits per heavy atom. The van der Waals surface area contributed by atoms with Crippen LogP contribution in [0.5, 0.6) is 11.6 Å². The van der Waals surface area contributed by atoms with E-state index in [-0.39, 0.29) is 18.6 Å². The van der Waals surface area contributed by atoms with E-state index >= 15 is 0 Å². The number of benzene rings is 3. The van der Waals surface area contributed by atoms with E-state index in [9.17, 15) is 9.90 Å². The van der Waals surface area contributed by atoms with Crippen molar-refractivity contribution >= 4 is 16.8 Å². The molecule has 0 aliphatic carbocycles. The summed E-state index contributed by atoms with van der Waals surface area (Å²) in [6.45, 7) is 2.53. The molecule has 6 heteroatoms. The number of aromatic nitrogens is 2. The first kappa shape index (κ1) is 21.6. The van der Waals surface area contributed by atoms with Gasteiger partial charge in [0, 0.05) is 0 Å².